The number of piperazine rings is 1. The molecule has 3 rings (SSSR count). The first kappa shape index (κ1) is 17.6. The molecule has 0 radical (unpaired) electrons. The van der Waals surface area contributed by atoms with Gasteiger partial charge in [0.25, 0.3) is 5.91 Å². The van der Waals surface area contributed by atoms with Gasteiger partial charge in [0, 0.05) is 36.9 Å². The molecule has 1 saturated heterocycles. The summed E-state index contributed by atoms with van der Waals surface area (Å²) in [5.41, 5.74) is 4.38. The van der Waals surface area contributed by atoms with Crippen LogP contribution in [0.3, 0.4) is 0 Å². The molecule has 4 nitrogen and oxygen atoms in total. The smallest absolute Gasteiger partial charge is 0.257 e. The van der Waals surface area contributed by atoms with E-state index in [0.717, 1.165) is 13.1 Å². The minimum absolute atomic E-state index is 0.0278. The summed E-state index contributed by atoms with van der Waals surface area (Å²) in [5, 5.41) is 0.540. The van der Waals surface area contributed by atoms with Crippen molar-refractivity contribution in [2.45, 2.75) is 13.8 Å². The van der Waals surface area contributed by atoms with Crippen LogP contribution in [0.5, 0.6) is 5.75 Å². The summed E-state index contributed by atoms with van der Waals surface area (Å²) in [6, 6.07) is 11.5. The van der Waals surface area contributed by atoms with Gasteiger partial charge in [-0.2, -0.15) is 0 Å². The van der Waals surface area contributed by atoms with Gasteiger partial charge in [-0.25, -0.2) is 0 Å². The molecule has 5 heteroatoms. The monoisotopic (exact) mass is 358 g/mol. The van der Waals surface area contributed by atoms with Crippen LogP contribution in [0.4, 0.5) is 5.69 Å². The molecular formula is C20H23ClN2O2. The van der Waals surface area contributed by atoms with E-state index in [1.54, 1.807) is 25.3 Å². The predicted molar refractivity (Wildman–Crippen MR) is 102 cm³/mol. The average Bonchev–Trinajstić information content (AvgIpc) is 2.63. The third-order valence-corrected chi connectivity index (χ3v) is 5.11. The molecule has 0 aliphatic carbocycles. The lowest BCUT2D eigenvalue weighted by atomic mass is 10.1. The normalized spacial score (nSPS) is 14.6. The highest BCUT2D eigenvalue weighted by atomic mass is 35.5. The number of aryl methyl sites for hydroxylation is 1. The molecule has 1 fully saturated rings. The number of hydrogen-bond acceptors (Lipinski definition) is 3. The lowest BCUT2D eigenvalue weighted by Gasteiger charge is -2.37. The number of benzene rings is 2. The maximum absolute atomic E-state index is 12.9. The second kappa shape index (κ2) is 7.36. The van der Waals surface area contributed by atoms with Crippen molar-refractivity contribution in [2.24, 2.45) is 0 Å². The summed E-state index contributed by atoms with van der Waals surface area (Å²) in [5.74, 6) is 0.534. The second-order valence-electron chi connectivity index (χ2n) is 6.34. The Labute approximate surface area is 154 Å². The first-order chi connectivity index (χ1) is 12.0. The fraction of sp³-hybridized carbons (Fsp3) is 0.350. The van der Waals surface area contributed by atoms with Gasteiger partial charge in [0.2, 0.25) is 0 Å². The van der Waals surface area contributed by atoms with Crippen molar-refractivity contribution >= 4 is 23.2 Å². The fourth-order valence-electron chi connectivity index (χ4n) is 3.25. The van der Waals surface area contributed by atoms with Crippen LogP contribution in [0.1, 0.15) is 21.5 Å². The van der Waals surface area contributed by atoms with Crippen molar-refractivity contribution in [1.29, 1.82) is 0 Å². The van der Waals surface area contributed by atoms with E-state index in [4.69, 9.17) is 16.3 Å². The Morgan fingerprint density at radius 2 is 1.80 bits per heavy atom. The van der Waals surface area contributed by atoms with Gasteiger partial charge in [-0.15, -0.1) is 0 Å². The summed E-state index contributed by atoms with van der Waals surface area (Å²) in [4.78, 5) is 17.1. The fourth-order valence-corrected chi connectivity index (χ4v) is 3.42. The van der Waals surface area contributed by atoms with E-state index in [9.17, 15) is 4.79 Å². The molecule has 1 amide bonds. The minimum Gasteiger partial charge on any atom is -0.496 e. The van der Waals surface area contributed by atoms with Gasteiger partial charge < -0.3 is 14.5 Å². The van der Waals surface area contributed by atoms with Gasteiger partial charge in [0.05, 0.1) is 12.7 Å². The van der Waals surface area contributed by atoms with Crippen molar-refractivity contribution in [2.75, 3.05) is 38.2 Å². The molecule has 2 aromatic carbocycles. The van der Waals surface area contributed by atoms with Gasteiger partial charge >= 0.3 is 0 Å². The molecule has 1 heterocycles. The lowest BCUT2D eigenvalue weighted by molar-refractivity contribution is 0.0743. The molecule has 1 aliphatic rings. The Balaban J connectivity index is 1.73. The Kier molecular flexibility index (Phi) is 5.19. The molecule has 0 bridgehead atoms. The van der Waals surface area contributed by atoms with Gasteiger partial charge in [-0.05, 0) is 49.2 Å². The van der Waals surface area contributed by atoms with E-state index in [2.05, 4.69) is 36.9 Å². The van der Waals surface area contributed by atoms with Crippen LogP contribution in [0.2, 0.25) is 5.02 Å². The first-order valence-electron chi connectivity index (χ1n) is 8.45. The zero-order valence-corrected chi connectivity index (χ0v) is 15.6. The van der Waals surface area contributed by atoms with E-state index in [-0.39, 0.29) is 5.91 Å². The van der Waals surface area contributed by atoms with Gasteiger partial charge in [-0.1, -0.05) is 23.7 Å². The maximum atomic E-state index is 12.9. The average molecular weight is 359 g/mol. The van der Waals surface area contributed by atoms with E-state index in [1.807, 2.05) is 4.90 Å². The highest BCUT2D eigenvalue weighted by molar-refractivity contribution is 6.31. The SMILES string of the molecule is COc1ccc(Cl)cc1C(=O)N1CCN(c2cccc(C)c2C)CC1. The number of ether oxygens (including phenoxy) is 1. The number of hydrogen-bond donors (Lipinski definition) is 0. The quantitative estimate of drug-likeness (QED) is 0.833. The van der Waals surface area contributed by atoms with Crippen molar-refractivity contribution in [3.05, 3.63) is 58.1 Å². The number of rotatable bonds is 3. The van der Waals surface area contributed by atoms with Gasteiger partial charge in [0.15, 0.2) is 0 Å². The number of carbonyl (C=O) groups excluding carboxylic acids is 1. The summed E-state index contributed by atoms with van der Waals surface area (Å²) < 4.78 is 5.32. The Hall–Kier alpha value is -2.20. The molecule has 25 heavy (non-hydrogen) atoms. The van der Waals surface area contributed by atoms with Crippen molar-refractivity contribution in [1.82, 2.24) is 4.90 Å². The van der Waals surface area contributed by atoms with Crippen molar-refractivity contribution < 1.29 is 9.53 Å². The maximum Gasteiger partial charge on any atom is 0.257 e. The third-order valence-electron chi connectivity index (χ3n) is 4.88. The second-order valence-corrected chi connectivity index (χ2v) is 6.78. The van der Waals surface area contributed by atoms with Crippen LogP contribution < -0.4 is 9.64 Å². The molecule has 0 unspecified atom stereocenters. The van der Waals surface area contributed by atoms with Gasteiger partial charge in [-0.3, -0.25) is 4.79 Å². The molecule has 0 aromatic heterocycles. The lowest BCUT2D eigenvalue weighted by Crippen LogP contribution is -2.49. The number of amides is 1. The van der Waals surface area contributed by atoms with Crippen LogP contribution in [0.25, 0.3) is 0 Å². The molecule has 0 saturated carbocycles. The highest BCUT2D eigenvalue weighted by Gasteiger charge is 2.25. The van der Waals surface area contributed by atoms with Crippen LogP contribution in [-0.4, -0.2) is 44.1 Å². The van der Waals surface area contributed by atoms with Crippen molar-refractivity contribution in [3.63, 3.8) is 0 Å². The standard InChI is InChI=1S/C20H23ClN2O2/c1-14-5-4-6-18(15(14)2)22-9-11-23(12-10-22)20(24)17-13-16(21)7-8-19(17)25-3/h4-8,13H,9-12H2,1-3H3. The molecule has 0 spiro atoms. The molecule has 132 valence electrons. The molecule has 0 atom stereocenters. The van der Waals surface area contributed by atoms with E-state index < -0.39 is 0 Å². The Morgan fingerprint density at radius 3 is 2.48 bits per heavy atom. The van der Waals surface area contributed by atoms with Crippen LogP contribution in [-0.2, 0) is 0 Å². The highest BCUT2D eigenvalue weighted by Crippen LogP contribution is 2.27. The zero-order valence-electron chi connectivity index (χ0n) is 14.9. The number of methoxy groups -OCH3 is 1. The summed E-state index contributed by atoms with van der Waals surface area (Å²) in [6.45, 7) is 7.28. The van der Waals surface area contributed by atoms with E-state index in [0.29, 0.717) is 29.4 Å². The molecule has 2 aromatic rings. The van der Waals surface area contributed by atoms with Gasteiger partial charge in [0.1, 0.15) is 5.75 Å². The minimum atomic E-state index is -0.0278. The predicted octanol–water partition coefficient (Wildman–Crippen LogP) is 3.93. The molecule has 1 aliphatic heterocycles. The van der Waals surface area contributed by atoms with E-state index >= 15 is 0 Å². The number of carbonyl (C=O) groups is 1. The number of anilines is 1. The number of halogens is 1. The molecular weight excluding hydrogens is 336 g/mol. The summed E-state index contributed by atoms with van der Waals surface area (Å²) in [6.07, 6.45) is 0. The third kappa shape index (κ3) is 3.59. The summed E-state index contributed by atoms with van der Waals surface area (Å²) >= 11 is 6.06. The number of nitrogens with zero attached hydrogens (tertiary/aromatic N) is 2. The van der Waals surface area contributed by atoms with Crippen LogP contribution in [0.15, 0.2) is 36.4 Å². The Bertz CT molecular complexity index is 783. The zero-order chi connectivity index (χ0) is 18.0. The van der Waals surface area contributed by atoms with E-state index in [1.165, 1.54) is 16.8 Å². The van der Waals surface area contributed by atoms with Crippen LogP contribution >= 0.6 is 11.6 Å². The summed E-state index contributed by atoms with van der Waals surface area (Å²) in [7, 11) is 1.57. The largest absolute Gasteiger partial charge is 0.496 e. The Morgan fingerprint density at radius 1 is 1.08 bits per heavy atom. The van der Waals surface area contributed by atoms with Crippen LogP contribution in [0, 0.1) is 13.8 Å². The molecule has 0 N–H and O–H groups in total. The van der Waals surface area contributed by atoms with Crippen molar-refractivity contribution in [3.8, 4) is 5.75 Å². The topological polar surface area (TPSA) is 32.8 Å². The first-order valence-corrected chi connectivity index (χ1v) is 8.83.